The Morgan fingerprint density at radius 3 is 2.15 bits per heavy atom. The van der Waals surface area contributed by atoms with Gasteiger partial charge in [-0.25, -0.2) is 0 Å². The molecule has 0 fully saturated rings. The lowest BCUT2D eigenvalue weighted by Gasteiger charge is -2.17. The van der Waals surface area contributed by atoms with Gasteiger partial charge in [0, 0.05) is 30.6 Å². The van der Waals surface area contributed by atoms with E-state index in [0.29, 0.717) is 0 Å². The standard InChI is InChI=1S/C15H12N6O5/c1-19(9-10-5-3-2-4-6-10)15(22)14-12(20(23)24)7-11(17-18-16)8-13(14)21(25)26/h2-8H,9H2,1H3. The molecule has 1 amide bonds. The number of carbonyl (C=O) groups excluding carboxylic acids is 1. The fourth-order valence-electron chi connectivity index (χ4n) is 2.33. The van der Waals surface area contributed by atoms with E-state index in [1.165, 1.54) is 7.05 Å². The van der Waals surface area contributed by atoms with E-state index >= 15 is 0 Å². The van der Waals surface area contributed by atoms with Gasteiger partial charge in [-0.1, -0.05) is 35.4 Å². The van der Waals surface area contributed by atoms with Gasteiger partial charge >= 0.3 is 0 Å². The van der Waals surface area contributed by atoms with Gasteiger partial charge in [-0.3, -0.25) is 25.0 Å². The fraction of sp³-hybridized carbons (Fsp3) is 0.133. The molecular formula is C15H12N6O5. The molecule has 0 unspecified atom stereocenters. The van der Waals surface area contributed by atoms with Crippen LogP contribution in [0.3, 0.4) is 0 Å². The van der Waals surface area contributed by atoms with Gasteiger partial charge < -0.3 is 4.90 Å². The maximum atomic E-state index is 12.7. The molecule has 2 aromatic carbocycles. The van der Waals surface area contributed by atoms with Crippen LogP contribution in [0.5, 0.6) is 0 Å². The molecule has 0 aliphatic carbocycles. The summed E-state index contributed by atoms with van der Waals surface area (Å²) in [5.41, 5.74) is 6.61. The molecule has 2 rings (SSSR count). The van der Waals surface area contributed by atoms with Crippen LogP contribution in [0.15, 0.2) is 47.6 Å². The minimum atomic E-state index is -0.924. The quantitative estimate of drug-likeness (QED) is 0.253. The summed E-state index contributed by atoms with van der Waals surface area (Å²) < 4.78 is 0. The van der Waals surface area contributed by atoms with E-state index in [0.717, 1.165) is 22.6 Å². The molecule has 11 heteroatoms. The summed E-state index contributed by atoms with van der Waals surface area (Å²) in [5.74, 6) is -0.889. The number of carbonyl (C=O) groups is 1. The third-order valence-corrected chi connectivity index (χ3v) is 3.46. The van der Waals surface area contributed by atoms with E-state index in [1.807, 2.05) is 0 Å². The van der Waals surface area contributed by atoms with Crippen molar-refractivity contribution in [2.45, 2.75) is 6.54 Å². The minimum Gasteiger partial charge on any atom is -0.337 e. The summed E-state index contributed by atoms with van der Waals surface area (Å²) >= 11 is 0. The van der Waals surface area contributed by atoms with Gasteiger partial charge in [0.2, 0.25) is 0 Å². The molecule has 132 valence electrons. The molecule has 2 aromatic rings. The number of nitrogens with zero attached hydrogens (tertiary/aromatic N) is 6. The topological polar surface area (TPSA) is 155 Å². The maximum absolute atomic E-state index is 12.7. The zero-order chi connectivity index (χ0) is 19.3. The number of azide groups is 1. The molecular weight excluding hydrogens is 344 g/mol. The number of amides is 1. The lowest BCUT2D eigenvalue weighted by molar-refractivity contribution is -0.394. The summed E-state index contributed by atoms with van der Waals surface area (Å²) in [7, 11) is 1.38. The van der Waals surface area contributed by atoms with Crippen molar-refractivity contribution in [2.24, 2.45) is 5.11 Å². The molecule has 26 heavy (non-hydrogen) atoms. The predicted molar refractivity (Wildman–Crippen MR) is 90.8 cm³/mol. The van der Waals surface area contributed by atoms with Crippen molar-refractivity contribution in [1.82, 2.24) is 4.90 Å². The maximum Gasteiger partial charge on any atom is 0.289 e. The normalized spacial score (nSPS) is 9.88. The van der Waals surface area contributed by atoms with Crippen molar-refractivity contribution >= 4 is 23.0 Å². The molecule has 0 atom stereocenters. The Balaban J connectivity index is 2.55. The number of nitro benzene ring substituents is 2. The van der Waals surface area contributed by atoms with Crippen LogP contribution in [0.4, 0.5) is 17.1 Å². The van der Waals surface area contributed by atoms with Crippen LogP contribution in [-0.2, 0) is 6.54 Å². The Morgan fingerprint density at radius 2 is 1.69 bits per heavy atom. The van der Waals surface area contributed by atoms with E-state index in [9.17, 15) is 25.0 Å². The SMILES string of the molecule is CN(Cc1ccccc1)C(=O)c1c([N+](=O)[O-])cc(N=[N+]=[N-])cc1[N+](=O)[O-]. The molecule has 0 bridgehead atoms. The van der Waals surface area contributed by atoms with Crippen molar-refractivity contribution < 1.29 is 14.6 Å². The minimum absolute atomic E-state index is 0.103. The van der Waals surface area contributed by atoms with E-state index in [1.54, 1.807) is 30.3 Å². The molecule has 0 saturated heterocycles. The summed E-state index contributed by atoms with van der Waals surface area (Å²) in [6.07, 6.45) is 0. The van der Waals surface area contributed by atoms with Crippen LogP contribution >= 0.6 is 0 Å². The van der Waals surface area contributed by atoms with Gasteiger partial charge in [0.25, 0.3) is 17.3 Å². The summed E-state index contributed by atoms with van der Waals surface area (Å²) in [4.78, 5) is 37.1. The van der Waals surface area contributed by atoms with Gasteiger partial charge in [-0.2, -0.15) is 0 Å². The smallest absolute Gasteiger partial charge is 0.289 e. The fourth-order valence-corrected chi connectivity index (χ4v) is 2.33. The number of nitro groups is 2. The Kier molecular flexibility index (Phi) is 5.46. The molecule has 0 heterocycles. The van der Waals surface area contributed by atoms with Gasteiger partial charge in [-0.15, -0.1) is 0 Å². The number of hydrogen-bond acceptors (Lipinski definition) is 6. The Morgan fingerprint density at radius 1 is 1.15 bits per heavy atom. The highest BCUT2D eigenvalue weighted by atomic mass is 16.6. The zero-order valence-corrected chi connectivity index (χ0v) is 13.5. The van der Waals surface area contributed by atoms with Crippen LogP contribution in [0.2, 0.25) is 0 Å². The first-order chi connectivity index (χ1) is 12.3. The average molecular weight is 356 g/mol. The predicted octanol–water partition coefficient (Wildman–Crippen LogP) is 3.72. The second-order valence-corrected chi connectivity index (χ2v) is 5.21. The molecule has 0 spiro atoms. The van der Waals surface area contributed by atoms with Crippen LogP contribution < -0.4 is 0 Å². The Bertz CT molecular complexity index is 888. The highest BCUT2D eigenvalue weighted by Crippen LogP contribution is 2.35. The van der Waals surface area contributed by atoms with Crippen molar-refractivity contribution in [1.29, 1.82) is 0 Å². The number of benzene rings is 2. The van der Waals surface area contributed by atoms with Gasteiger partial charge in [0.05, 0.1) is 15.5 Å². The van der Waals surface area contributed by atoms with E-state index in [2.05, 4.69) is 10.0 Å². The molecule has 0 saturated carbocycles. The van der Waals surface area contributed by atoms with Crippen LogP contribution in [0.1, 0.15) is 15.9 Å². The number of rotatable bonds is 6. The molecule has 0 aliphatic heterocycles. The average Bonchev–Trinajstić information content (AvgIpc) is 2.61. The van der Waals surface area contributed by atoms with Crippen molar-refractivity contribution in [3.63, 3.8) is 0 Å². The monoisotopic (exact) mass is 356 g/mol. The molecule has 11 nitrogen and oxygen atoms in total. The molecule has 0 radical (unpaired) electrons. The van der Waals surface area contributed by atoms with E-state index in [4.69, 9.17) is 5.53 Å². The van der Waals surface area contributed by atoms with Crippen molar-refractivity contribution in [3.05, 3.63) is 84.3 Å². The Labute approximate surface area is 146 Å². The lowest BCUT2D eigenvalue weighted by Crippen LogP contribution is -2.27. The first kappa shape index (κ1) is 18.4. The van der Waals surface area contributed by atoms with Crippen molar-refractivity contribution in [2.75, 3.05) is 7.05 Å². The van der Waals surface area contributed by atoms with Crippen LogP contribution in [0.25, 0.3) is 10.4 Å². The van der Waals surface area contributed by atoms with Crippen LogP contribution in [0, 0.1) is 20.2 Å². The Hall–Kier alpha value is -3.98. The second kappa shape index (κ2) is 7.73. The van der Waals surface area contributed by atoms with E-state index < -0.39 is 32.7 Å². The lowest BCUT2D eigenvalue weighted by atomic mass is 10.1. The number of hydrogen-bond donors (Lipinski definition) is 0. The second-order valence-electron chi connectivity index (χ2n) is 5.21. The van der Waals surface area contributed by atoms with Gasteiger partial charge in [0.15, 0.2) is 5.56 Å². The third kappa shape index (κ3) is 3.91. The third-order valence-electron chi connectivity index (χ3n) is 3.46. The zero-order valence-electron chi connectivity index (χ0n) is 13.5. The summed E-state index contributed by atoms with van der Waals surface area (Å²) in [6, 6.07) is 10.5. The first-order valence-corrected chi connectivity index (χ1v) is 7.16. The van der Waals surface area contributed by atoms with Gasteiger partial charge in [-0.05, 0) is 11.1 Å². The van der Waals surface area contributed by atoms with Crippen LogP contribution in [-0.4, -0.2) is 27.7 Å². The highest BCUT2D eigenvalue weighted by Gasteiger charge is 2.33. The summed E-state index contributed by atoms with van der Waals surface area (Å²) in [6.45, 7) is 0.103. The molecule has 0 N–H and O–H groups in total. The van der Waals surface area contributed by atoms with Crippen molar-refractivity contribution in [3.8, 4) is 0 Å². The highest BCUT2D eigenvalue weighted by molar-refractivity contribution is 6.02. The molecule has 0 aliphatic rings. The first-order valence-electron chi connectivity index (χ1n) is 7.16. The van der Waals surface area contributed by atoms with E-state index in [-0.39, 0.29) is 12.2 Å². The molecule has 0 aromatic heterocycles. The largest absolute Gasteiger partial charge is 0.337 e. The summed E-state index contributed by atoms with van der Waals surface area (Å²) in [5, 5.41) is 25.8. The van der Waals surface area contributed by atoms with Gasteiger partial charge in [0.1, 0.15) is 0 Å².